The third-order valence-electron chi connectivity index (χ3n) is 5.18. The van der Waals surface area contributed by atoms with Crippen molar-refractivity contribution in [1.82, 2.24) is 0 Å². The number of hydrogen-bond donors (Lipinski definition) is 0. The van der Waals surface area contributed by atoms with Gasteiger partial charge in [-0.25, -0.2) is 0 Å². The molecule has 0 N–H and O–H groups in total. The highest BCUT2D eigenvalue weighted by Gasteiger charge is 2.56. The van der Waals surface area contributed by atoms with Gasteiger partial charge in [0.2, 0.25) is 0 Å². The molecule has 1 aromatic carbocycles. The normalized spacial score (nSPS) is 32.1. The second kappa shape index (κ2) is 4.36. The summed E-state index contributed by atoms with van der Waals surface area (Å²) in [5, 5.41) is 0. The maximum atomic E-state index is 6.20. The van der Waals surface area contributed by atoms with Crippen LogP contribution in [0.2, 0.25) is 5.82 Å². The van der Waals surface area contributed by atoms with Gasteiger partial charge in [0, 0.05) is 5.82 Å². The first-order valence-corrected chi connectivity index (χ1v) is 7.31. The molecule has 2 nitrogen and oxygen atoms in total. The Kier molecular flexibility index (Phi) is 3.03. The highest BCUT2D eigenvalue weighted by Crippen LogP contribution is 2.53. The van der Waals surface area contributed by atoms with Crippen molar-refractivity contribution in [2.45, 2.75) is 63.5 Å². The van der Waals surface area contributed by atoms with E-state index in [9.17, 15) is 0 Å². The van der Waals surface area contributed by atoms with Crippen LogP contribution in [-0.4, -0.2) is 18.3 Å². The van der Waals surface area contributed by atoms with Gasteiger partial charge in [-0.2, -0.15) is 0 Å². The van der Waals surface area contributed by atoms with Crippen molar-refractivity contribution in [3.05, 3.63) is 35.9 Å². The fraction of sp³-hybridized carbons (Fsp3) is 0.625. The van der Waals surface area contributed by atoms with E-state index < -0.39 is 0 Å². The second-order valence-electron chi connectivity index (χ2n) is 6.88. The minimum atomic E-state index is -0.214. The average Bonchev–Trinajstić information content (AvgIpc) is 2.47. The van der Waals surface area contributed by atoms with E-state index in [4.69, 9.17) is 9.31 Å². The van der Waals surface area contributed by atoms with E-state index in [2.05, 4.69) is 58.0 Å². The zero-order chi connectivity index (χ0) is 13.7. The first-order chi connectivity index (χ1) is 8.91. The minimum Gasteiger partial charge on any atom is -0.403 e. The van der Waals surface area contributed by atoms with Crippen molar-refractivity contribution in [2.24, 2.45) is 0 Å². The Bertz CT molecular complexity index is 439. The molecule has 19 heavy (non-hydrogen) atoms. The molecule has 1 aliphatic carbocycles. The lowest BCUT2D eigenvalue weighted by Crippen LogP contribution is -2.41. The molecule has 1 aliphatic heterocycles. The number of hydrogen-bond acceptors (Lipinski definition) is 2. The van der Waals surface area contributed by atoms with Crippen LogP contribution >= 0.6 is 0 Å². The van der Waals surface area contributed by atoms with Crippen molar-refractivity contribution >= 4 is 7.12 Å². The van der Waals surface area contributed by atoms with Crippen molar-refractivity contribution in [3.8, 4) is 0 Å². The van der Waals surface area contributed by atoms with Crippen LogP contribution in [0.4, 0.5) is 0 Å². The molecule has 3 rings (SSSR count). The zero-order valence-corrected chi connectivity index (χ0v) is 12.3. The van der Waals surface area contributed by atoms with Crippen molar-refractivity contribution in [2.75, 3.05) is 0 Å². The first kappa shape index (κ1) is 13.2. The lowest BCUT2D eigenvalue weighted by molar-refractivity contribution is 0.00578. The summed E-state index contributed by atoms with van der Waals surface area (Å²) in [6.45, 7) is 8.51. The van der Waals surface area contributed by atoms with Gasteiger partial charge < -0.3 is 9.31 Å². The highest BCUT2D eigenvalue weighted by molar-refractivity contribution is 6.48. The SMILES string of the molecule is CC1(C)OB([C@@H]2CC[C@@H]2c2ccccc2)OC1(C)C. The van der Waals surface area contributed by atoms with Crippen molar-refractivity contribution < 1.29 is 9.31 Å². The van der Waals surface area contributed by atoms with E-state index in [0.717, 1.165) is 0 Å². The average molecular weight is 258 g/mol. The molecule has 1 saturated heterocycles. The second-order valence-corrected chi connectivity index (χ2v) is 6.88. The molecule has 1 saturated carbocycles. The molecule has 2 aliphatic rings. The molecule has 0 spiro atoms. The molecule has 0 aromatic heterocycles. The summed E-state index contributed by atoms with van der Waals surface area (Å²) < 4.78 is 12.4. The summed E-state index contributed by atoms with van der Waals surface area (Å²) in [5.41, 5.74) is 0.997. The molecule has 0 radical (unpaired) electrons. The van der Waals surface area contributed by atoms with E-state index in [-0.39, 0.29) is 18.3 Å². The molecule has 0 unspecified atom stereocenters. The summed E-state index contributed by atoms with van der Waals surface area (Å²) in [6, 6.07) is 10.8. The zero-order valence-electron chi connectivity index (χ0n) is 12.3. The van der Waals surface area contributed by atoms with Crippen LogP contribution in [0.3, 0.4) is 0 Å². The minimum absolute atomic E-state index is 0.0519. The summed E-state index contributed by atoms with van der Waals surface area (Å²) in [6.07, 6.45) is 2.45. The topological polar surface area (TPSA) is 18.5 Å². The van der Waals surface area contributed by atoms with Crippen LogP contribution < -0.4 is 0 Å². The summed E-state index contributed by atoms with van der Waals surface area (Å²) in [5.74, 6) is 1.10. The standard InChI is InChI=1S/C16H23BO2/c1-15(2)16(3,4)19-17(18-15)14-11-10-13(14)12-8-6-5-7-9-12/h5-9,13-14H,10-11H2,1-4H3/t13-,14-/m1/s1. The van der Waals surface area contributed by atoms with E-state index in [1.807, 2.05) is 0 Å². The van der Waals surface area contributed by atoms with Gasteiger partial charge in [-0.15, -0.1) is 0 Å². The van der Waals surface area contributed by atoms with Gasteiger partial charge in [0.25, 0.3) is 0 Å². The van der Waals surface area contributed by atoms with Crippen LogP contribution in [-0.2, 0) is 9.31 Å². The van der Waals surface area contributed by atoms with Gasteiger partial charge in [-0.3, -0.25) is 0 Å². The van der Waals surface area contributed by atoms with Crippen molar-refractivity contribution in [3.63, 3.8) is 0 Å². The van der Waals surface area contributed by atoms with Crippen LogP contribution in [0.25, 0.3) is 0 Å². The summed E-state index contributed by atoms with van der Waals surface area (Å²) in [4.78, 5) is 0. The monoisotopic (exact) mass is 258 g/mol. The maximum Gasteiger partial charge on any atom is 0.461 e. The predicted molar refractivity (Wildman–Crippen MR) is 78.2 cm³/mol. The fourth-order valence-corrected chi connectivity index (χ4v) is 3.03. The van der Waals surface area contributed by atoms with Gasteiger partial charge >= 0.3 is 7.12 Å². The van der Waals surface area contributed by atoms with Crippen LogP contribution in [0.15, 0.2) is 30.3 Å². The molecule has 3 heteroatoms. The molecule has 102 valence electrons. The maximum absolute atomic E-state index is 6.20. The largest absolute Gasteiger partial charge is 0.461 e. The number of benzene rings is 1. The van der Waals surface area contributed by atoms with E-state index in [0.29, 0.717) is 11.7 Å². The summed E-state index contributed by atoms with van der Waals surface area (Å²) in [7, 11) is -0.0519. The van der Waals surface area contributed by atoms with E-state index in [1.54, 1.807) is 0 Å². The molecule has 0 bridgehead atoms. The quantitative estimate of drug-likeness (QED) is 0.746. The molecule has 1 heterocycles. The number of rotatable bonds is 2. The Balaban J connectivity index is 1.75. The van der Waals surface area contributed by atoms with Crippen molar-refractivity contribution in [1.29, 1.82) is 0 Å². The molecule has 2 atom stereocenters. The lowest BCUT2D eigenvalue weighted by Gasteiger charge is -2.38. The molecular formula is C16H23BO2. The van der Waals surface area contributed by atoms with Crippen LogP contribution in [0, 0.1) is 0 Å². The van der Waals surface area contributed by atoms with Crippen LogP contribution in [0.1, 0.15) is 52.0 Å². The van der Waals surface area contributed by atoms with Gasteiger partial charge in [0.1, 0.15) is 0 Å². The van der Waals surface area contributed by atoms with Gasteiger partial charge in [0.05, 0.1) is 11.2 Å². The van der Waals surface area contributed by atoms with Crippen LogP contribution in [0.5, 0.6) is 0 Å². The Hall–Kier alpha value is -0.795. The third kappa shape index (κ3) is 2.13. The summed E-state index contributed by atoms with van der Waals surface area (Å²) >= 11 is 0. The molecule has 0 amide bonds. The first-order valence-electron chi connectivity index (χ1n) is 7.31. The van der Waals surface area contributed by atoms with E-state index >= 15 is 0 Å². The smallest absolute Gasteiger partial charge is 0.403 e. The molecular weight excluding hydrogens is 235 g/mol. The van der Waals surface area contributed by atoms with Gasteiger partial charge in [-0.05, 0) is 45.6 Å². The molecule has 1 aromatic rings. The van der Waals surface area contributed by atoms with Gasteiger partial charge in [-0.1, -0.05) is 36.8 Å². The Morgan fingerprint density at radius 1 is 0.947 bits per heavy atom. The Morgan fingerprint density at radius 3 is 2.00 bits per heavy atom. The Morgan fingerprint density at radius 2 is 1.53 bits per heavy atom. The van der Waals surface area contributed by atoms with E-state index in [1.165, 1.54) is 18.4 Å². The third-order valence-corrected chi connectivity index (χ3v) is 5.18. The lowest BCUT2D eigenvalue weighted by atomic mass is 9.52. The Labute approximate surface area is 116 Å². The predicted octanol–water partition coefficient (Wildman–Crippen LogP) is 4.03. The van der Waals surface area contributed by atoms with Gasteiger partial charge in [0.15, 0.2) is 0 Å². The highest BCUT2D eigenvalue weighted by atomic mass is 16.7. The molecule has 2 fully saturated rings. The fourth-order valence-electron chi connectivity index (χ4n) is 3.03.